The van der Waals surface area contributed by atoms with Crippen molar-refractivity contribution in [3.63, 3.8) is 0 Å². The molecular weight excluding hydrogens is 330 g/mol. The molecule has 0 bridgehead atoms. The highest BCUT2D eigenvalue weighted by atomic mass is 16.1. The van der Waals surface area contributed by atoms with Crippen LogP contribution in [0.4, 0.5) is 0 Å². The van der Waals surface area contributed by atoms with Crippen LogP contribution in [0.15, 0.2) is 36.4 Å². The Bertz CT molecular complexity index is 937. The largest absolute Gasteiger partial charge is 0.340 e. The lowest BCUT2D eigenvalue weighted by molar-refractivity contribution is 0.101. The average molecular weight is 362 g/mol. The number of allylic oxidation sites excluding steroid dienone is 3. The van der Waals surface area contributed by atoms with E-state index in [1.807, 2.05) is 6.07 Å². The number of aryl methyl sites for hydroxylation is 1. The molecule has 2 aliphatic rings. The third-order valence-corrected chi connectivity index (χ3v) is 6.93. The van der Waals surface area contributed by atoms with Crippen LogP contribution >= 0.6 is 0 Å². The lowest BCUT2D eigenvalue weighted by Crippen LogP contribution is -2.08. The maximum absolute atomic E-state index is 12.0. The van der Waals surface area contributed by atoms with E-state index in [0.717, 1.165) is 18.5 Å². The van der Waals surface area contributed by atoms with Crippen molar-refractivity contribution in [2.45, 2.75) is 71.8 Å². The predicted molar refractivity (Wildman–Crippen MR) is 114 cm³/mol. The van der Waals surface area contributed by atoms with E-state index in [2.05, 4.69) is 43.2 Å². The van der Waals surface area contributed by atoms with Gasteiger partial charge in [-0.1, -0.05) is 56.5 Å². The summed E-state index contributed by atoms with van der Waals surface area (Å²) in [6.07, 6.45) is 9.77. The Morgan fingerprint density at radius 3 is 2.59 bits per heavy atom. The van der Waals surface area contributed by atoms with Gasteiger partial charge in [-0.25, -0.2) is 0 Å². The Kier molecular flexibility index (Phi) is 4.84. The normalized spacial score (nSPS) is 21.2. The van der Waals surface area contributed by atoms with Gasteiger partial charge in [0.25, 0.3) is 0 Å². The zero-order valence-electron chi connectivity index (χ0n) is 17.0. The fraction of sp³-hybridized carbons (Fsp3) is 0.480. The predicted octanol–water partition coefficient (Wildman–Crippen LogP) is 6.89. The van der Waals surface area contributed by atoms with Gasteiger partial charge < -0.3 is 4.57 Å². The minimum absolute atomic E-state index is 0.143. The number of ketones is 1. The van der Waals surface area contributed by atoms with Crippen molar-refractivity contribution >= 4 is 22.3 Å². The second-order valence-corrected chi connectivity index (χ2v) is 8.53. The minimum Gasteiger partial charge on any atom is -0.340 e. The molecule has 1 aromatic carbocycles. The van der Waals surface area contributed by atoms with Crippen molar-refractivity contribution < 1.29 is 4.79 Å². The van der Waals surface area contributed by atoms with Crippen LogP contribution in [0.2, 0.25) is 0 Å². The lowest BCUT2D eigenvalue weighted by Gasteiger charge is -2.24. The van der Waals surface area contributed by atoms with E-state index in [-0.39, 0.29) is 5.78 Å². The lowest BCUT2D eigenvalue weighted by atomic mass is 9.81. The molecule has 2 heterocycles. The SMILES string of the molecule is C=CC1=C(C)C(C)CCn2c1c(C1CCCCC1)c1ccc(C(C)=O)cc12. The minimum atomic E-state index is 0.143. The molecule has 0 spiro atoms. The highest BCUT2D eigenvalue weighted by molar-refractivity contribution is 6.00. The van der Waals surface area contributed by atoms with Gasteiger partial charge in [0.1, 0.15) is 0 Å². The Morgan fingerprint density at radius 2 is 1.93 bits per heavy atom. The van der Waals surface area contributed by atoms with Gasteiger partial charge in [0.2, 0.25) is 0 Å². The molecule has 0 N–H and O–H groups in total. The van der Waals surface area contributed by atoms with Gasteiger partial charge in [0, 0.05) is 23.0 Å². The Labute approximate surface area is 163 Å². The van der Waals surface area contributed by atoms with E-state index < -0.39 is 0 Å². The second kappa shape index (κ2) is 7.14. The molecule has 4 rings (SSSR count). The van der Waals surface area contributed by atoms with Crippen molar-refractivity contribution in [3.05, 3.63) is 53.2 Å². The molecule has 2 heteroatoms. The van der Waals surface area contributed by atoms with Crippen LogP contribution in [0, 0.1) is 5.92 Å². The van der Waals surface area contributed by atoms with Crippen molar-refractivity contribution in [1.29, 1.82) is 0 Å². The number of hydrogen-bond donors (Lipinski definition) is 0. The number of Topliss-reactive ketones (excluding diaryl/α,β-unsaturated/α-hetero) is 1. The third-order valence-electron chi connectivity index (χ3n) is 6.93. The Morgan fingerprint density at radius 1 is 1.19 bits per heavy atom. The van der Waals surface area contributed by atoms with E-state index in [9.17, 15) is 4.79 Å². The van der Waals surface area contributed by atoms with Gasteiger partial charge in [0.05, 0.1) is 5.69 Å². The summed E-state index contributed by atoms with van der Waals surface area (Å²) in [5.74, 6) is 1.32. The average Bonchev–Trinajstić information content (AvgIpc) is 2.94. The monoisotopic (exact) mass is 361 g/mol. The van der Waals surface area contributed by atoms with Crippen LogP contribution in [-0.4, -0.2) is 10.4 Å². The fourth-order valence-electron chi connectivity index (χ4n) is 5.17. The van der Waals surface area contributed by atoms with Crippen molar-refractivity contribution in [1.82, 2.24) is 4.57 Å². The fourth-order valence-corrected chi connectivity index (χ4v) is 5.17. The molecule has 0 saturated heterocycles. The van der Waals surface area contributed by atoms with Crippen LogP contribution < -0.4 is 0 Å². The zero-order valence-corrected chi connectivity index (χ0v) is 17.0. The van der Waals surface area contributed by atoms with Gasteiger partial charge >= 0.3 is 0 Å². The molecule has 1 unspecified atom stereocenters. The summed E-state index contributed by atoms with van der Waals surface area (Å²) in [7, 11) is 0. The van der Waals surface area contributed by atoms with E-state index in [4.69, 9.17) is 0 Å². The number of carbonyl (C=O) groups excluding carboxylic acids is 1. The van der Waals surface area contributed by atoms with Gasteiger partial charge in [0.15, 0.2) is 5.78 Å². The first-order valence-electron chi connectivity index (χ1n) is 10.5. The summed E-state index contributed by atoms with van der Waals surface area (Å²) in [5.41, 5.74) is 7.73. The number of aromatic nitrogens is 1. The molecular formula is C25H31NO. The maximum atomic E-state index is 12.0. The van der Waals surface area contributed by atoms with Crippen LogP contribution in [0.25, 0.3) is 16.5 Å². The van der Waals surface area contributed by atoms with Crippen LogP contribution in [0.1, 0.15) is 86.8 Å². The van der Waals surface area contributed by atoms with Gasteiger partial charge in [-0.15, -0.1) is 0 Å². The number of fused-ring (bicyclic) bond motifs is 3. The highest BCUT2D eigenvalue weighted by Gasteiger charge is 2.29. The van der Waals surface area contributed by atoms with E-state index in [0.29, 0.717) is 11.8 Å². The molecule has 1 saturated carbocycles. The van der Waals surface area contributed by atoms with Crippen LogP contribution in [-0.2, 0) is 6.54 Å². The molecule has 0 amide bonds. The maximum Gasteiger partial charge on any atom is 0.159 e. The Hall–Kier alpha value is -2.09. The molecule has 1 aliphatic carbocycles. The van der Waals surface area contributed by atoms with E-state index >= 15 is 0 Å². The molecule has 2 aromatic rings. The first kappa shape index (κ1) is 18.3. The molecule has 1 atom stereocenters. The molecule has 1 aromatic heterocycles. The molecule has 27 heavy (non-hydrogen) atoms. The van der Waals surface area contributed by atoms with E-state index in [1.165, 1.54) is 65.4 Å². The Balaban J connectivity index is 2.06. The van der Waals surface area contributed by atoms with Crippen molar-refractivity contribution in [2.75, 3.05) is 0 Å². The highest BCUT2D eigenvalue weighted by Crippen LogP contribution is 2.45. The topological polar surface area (TPSA) is 22.0 Å². The van der Waals surface area contributed by atoms with Gasteiger partial charge in [-0.3, -0.25) is 4.79 Å². The summed E-state index contributed by atoms with van der Waals surface area (Å²) in [4.78, 5) is 12.0. The summed E-state index contributed by atoms with van der Waals surface area (Å²) in [6.45, 7) is 11.5. The summed E-state index contributed by atoms with van der Waals surface area (Å²) in [5, 5.41) is 1.35. The molecule has 142 valence electrons. The zero-order chi connectivity index (χ0) is 19.1. The molecule has 1 aliphatic heterocycles. The number of benzene rings is 1. The summed E-state index contributed by atoms with van der Waals surface area (Å²) >= 11 is 0. The first-order valence-corrected chi connectivity index (χ1v) is 10.5. The quantitative estimate of drug-likeness (QED) is 0.545. The van der Waals surface area contributed by atoms with Crippen LogP contribution in [0.5, 0.6) is 0 Å². The number of rotatable bonds is 3. The smallest absolute Gasteiger partial charge is 0.159 e. The number of hydrogen-bond acceptors (Lipinski definition) is 1. The van der Waals surface area contributed by atoms with Crippen molar-refractivity contribution in [2.24, 2.45) is 5.92 Å². The van der Waals surface area contributed by atoms with Gasteiger partial charge in [-0.05, 0) is 62.1 Å². The number of nitrogens with zero attached hydrogens (tertiary/aromatic N) is 1. The number of carbonyl (C=O) groups is 1. The summed E-state index contributed by atoms with van der Waals surface area (Å²) < 4.78 is 2.50. The molecule has 2 nitrogen and oxygen atoms in total. The van der Waals surface area contributed by atoms with E-state index in [1.54, 1.807) is 6.92 Å². The summed E-state index contributed by atoms with van der Waals surface area (Å²) in [6, 6.07) is 6.35. The second-order valence-electron chi connectivity index (χ2n) is 8.53. The third kappa shape index (κ3) is 2.99. The molecule has 0 radical (unpaired) electrons. The molecule has 1 fully saturated rings. The van der Waals surface area contributed by atoms with Gasteiger partial charge in [-0.2, -0.15) is 0 Å². The first-order chi connectivity index (χ1) is 13.0. The standard InChI is InChI=1S/C25H31NO/c1-5-21-17(3)16(2)13-14-26-23-15-20(18(4)27)11-12-22(23)24(25(21)26)19-9-7-6-8-10-19/h5,11-12,15-16,19H,1,6-10,13-14H2,2-4H3. The van der Waals surface area contributed by atoms with Crippen molar-refractivity contribution in [3.8, 4) is 0 Å². The van der Waals surface area contributed by atoms with Crippen LogP contribution in [0.3, 0.4) is 0 Å².